The number of oxazole rings is 1. The molecule has 12 unspecified atom stereocenters. The summed E-state index contributed by atoms with van der Waals surface area (Å²) in [7, 11) is 0. The highest BCUT2D eigenvalue weighted by molar-refractivity contribution is 7.10. The van der Waals surface area contributed by atoms with E-state index in [9.17, 15) is 0 Å². The molecule has 12 rings (SSSR count). The van der Waals surface area contributed by atoms with Gasteiger partial charge >= 0.3 is 0 Å². The van der Waals surface area contributed by atoms with Gasteiger partial charge in [-0.1, -0.05) is 83.1 Å². The summed E-state index contributed by atoms with van der Waals surface area (Å²) in [5, 5.41) is 13.7. The van der Waals surface area contributed by atoms with Gasteiger partial charge < -0.3 is 24.8 Å². The Balaban J connectivity index is 0.000000102. The van der Waals surface area contributed by atoms with Crippen LogP contribution in [0.5, 0.6) is 0 Å². The summed E-state index contributed by atoms with van der Waals surface area (Å²) in [6.45, 7) is 30.0. The fraction of sp³-hybridized carbons (Fsp3) is 0.622. The molecule has 12 atom stereocenters. The topological polar surface area (TPSA) is 117 Å². The summed E-state index contributed by atoms with van der Waals surface area (Å²) in [6, 6.07) is 2.18. The number of ether oxygens (including phenoxy) is 1. The number of allylic oxidation sites excluding steroid dienone is 3. The first kappa shape index (κ1) is 39.4. The monoisotopic (exact) mass is 767 g/mol. The molecule has 0 bridgehead atoms. The van der Waals surface area contributed by atoms with E-state index in [-0.39, 0.29) is 0 Å². The van der Waals surface area contributed by atoms with Crippen molar-refractivity contribution in [3.05, 3.63) is 97.6 Å². The number of H-pyrrole nitrogens is 2. The Labute approximate surface area is 333 Å². The van der Waals surface area contributed by atoms with E-state index < -0.39 is 0 Å². The van der Waals surface area contributed by atoms with Crippen molar-refractivity contribution in [1.82, 2.24) is 35.8 Å². The molecule has 10 heteroatoms. The summed E-state index contributed by atoms with van der Waals surface area (Å²) in [5.41, 5.74) is 14.7. The Bertz CT molecular complexity index is 1670. The summed E-state index contributed by atoms with van der Waals surface area (Å²) in [6.07, 6.45) is 6.80. The second kappa shape index (κ2) is 16.0. The maximum atomic E-state index is 5.48. The zero-order valence-corrected chi connectivity index (χ0v) is 36.0. The van der Waals surface area contributed by atoms with Gasteiger partial charge in [0.2, 0.25) is 0 Å². The van der Waals surface area contributed by atoms with Crippen LogP contribution in [0.2, 0.25) is 0 Å². The Hall–Kier alpha value is -3.79. The van der Waals surface area contributed by atoms with Crippen LogP contribution in [0.15, 0.2) is 57.5 Å². The molecule has 6 aliphatic carbocycles. The first-order chi connectivity index (χ1) is 26.3. The molecule has 4 aromatic heterocycles. The molecule has 0 saturated carbocycles. The van der Waals surface area contributed by atoms with Crippen LogP contribution in [0.25, 0.3) is 0 Å². The zero-order chi connectivity index (χ0) is 39.3. The minimum Gasteiger partial charge on any atom is -0.494 e. The van der Waals surface area contributed by atoms with Gasteiger partial charge in [-0.25, -0.2) is 9.97 Å². The van der Waals surface area contributed by atoms with E-state index in [0.717, 1.165) is 60.1 Å². The number of hydrogen-bond donors (Lipinski definition) is 4. The second-order valence-corrected chi connectivity index (χ2v) is 18.3. The average molecular weight is 768 g/mol. The van der Waals surface area contributed by atoms with Crippen molar-refractivity contribution >= 4 is 11.3 Å². The second-order valence-electron chi connectivity index (χ2n) is 17.4. The summed E-state index contributed by atoms with van der Waals surface area (Å²) in [5.74, 6) is 11.0. The predicted molar refractivity (Wildman–Crippen MR) is 223 cm³/mol. The number of fused-ring (bicyclic) bond motifs is 4. The molecular formula is C45H65N7O2S. The Morgan fingerprint density at radius 3 is 2.00 bits per heavy atom. The molecule has 298 valence electrons. The third-order valence-electron chi connectivity index (χ3n) is 14.7. The summed E-state index contributed by atoms with van der Waals surface area (Å²) in [4.78, 5) is 13.1. The molecule has 9 nitrogen and oxygen atoms in total. The van der Waals surface area contributed by atoms with Gasteiger partial charge in [-0.05, 0) is 46.9 Å². The molecule has 0 fully saturated rings. The predicted octanol–water partition coefficient (Wildman–Crippen LogP) is 10.7. The van der Waals surface area contributed by atoms with Crippen molar-refractivity contribution in [2.24, 2.45) is 23.7 Å². The molecule has 0 saturated heterocycles. The third-order valence-corrected chi connectivity index (χ3v) is 15.8. The quantitative estimate of drug-likeness (QED) is 0.141. The SMILES string of the molecule is CC1C2=C(NCC2)C1C.CC1C2=C(OCCN2)C1C.CC1c2cc[nH]c2C1C.CC1c2cn[nH]c2C1C.CC1c2ncoc2C1C.CC1c2ncsc2C1C. The lowest BCUT2D eigenvalue weighted by molar-refractivity contribution is 0.103. The summed E-state index contributed by atoms with van der Waals surface area (Å²) >= 11 is 1.79. The van der Waals surface area contributed by atoms with Crippen LogP contribution in [0.3, 0.4) is 0 Å². The smallest absolute Gasteiger partial charge is 0.181 e. The fourth-order valence-electron chi connectivity index (χ4n) is 9.31. The van der Waals surface area contributed by atoms with Crippen LogP contribution in [0.4, 0.5) is 0 Å². The van der Waals surface area contributed by atoms with Gasteiger partial charge in [0.15, 0.2) is 6.39 Å². The van der Waals surface area contributed by atoms with E-state index in [0.29, 0.717) is 35.5 Å². The van der Waals surface area contributed by atoms with Crippen molar-refractivity contribution in [2.45, 2.75) is 137 Å². The highest BCUT2D eigenvalue weighted by atomic mass is 32.1. The Morgan fingerprint density at radius 2 is 1.33 bits per heavy atom. The van der Waals surface area contributed by atoms with Crippen LogP contribution < -0.4 is 10.6 Å². The van der Waals surface area contributed by atoms with E-state index in [2.05, 4.69) is 125 Å². The maximum absolute atomic E-state index is 5.48. The first-order valence-electron chi connectivity index (χ1n) is 21.0. The number of aromatic amines is 2. The van der Waals surface area contributed by atoms with E-state index >= 15 is 0 Å². The minimum absolute atomic E-state index is 0.586. The van der Waals surface area contributed by atoms with Crippen molar-refractivity contribution in [2.75, 3.05) is 19.7 Å². The van der Waals surface area contributed by atoms with Gasteiger partial charge in [0, 0.05) is 94.5 Å². The van der Waals surface area contributed by atoms with E-state index in [1.165, 1.54) is 63.9 Å². The molecule has 0 amide bonds. The van der Waals surface area contributed by atoms with Crippen LogP contribution in [0, 0.1) is 23.7 Å². The maximum Gasteiger partial charge on any atom is 0.181 e. The van der Waals surface area contributed by atoms with Gasteiger partial charge in [0.25, 0.3) is 0 Å². The van der Waals surface area contributed by atoms with Gasteiger partial charge in [0.1, 0.15) is 18.1 Å². The molecule has 2 aliphatic heterocycles. The first-order valence-corrected chi connectivity index (χ1v) is 21.8. The molecule has 4 N–H and O–H groups in total. The van der Waals surface area contributed by atoms with Crippen molar-refractivity contribution in [1.29, 1.82) is 0 Å². The normalized spacial score (nSPS) is 33.8. The molecule has 0 radical (unpaired) electrons. The largest absolute Gasteiger partial charge is 0.494 e. The van der Waals surface area contributed by atoms with Gasteiger partial charge in [-0.15, -0.1) is 11.3 Å². The van der Waals surface area contributed by atoms with Crippen molar-refractivity contribution in [3.8, 4) is 0 Å². The Morgan fingerprint density at radius 1 is 0.636 bits per heavy atom. The third kappa shape index (κ3) is 6.99. The van der Waals surface area contributed by atoms with Gasteiger partial charge in [-0.3, -0.25) is 5.10 Å². The molecular weight excluding hydrogens is 703 g/mol. The molecule has 0 aromatic carbocycles. The number of aromatic nitrogens is 5. The molecule has 0 spiro atoms. The van der Waals surface area contributed by atoms with Crippen LogP contribution >= 0.6 is 11.3 Å². The standard InChI is InChI=1S/C8H13NO.C8H13N.C8H11N.C7H10N2.C7H9NO.C7H9NS/c1-5-6(2)8-7(5)9-3-4-10-8;2*1-5-6(2)8-7(5)3-4-9-8;1-4-5(2)7-6(4)3-8-9-7;2*1-4-5(2)7-6(4)8-3-9-7/h5-6,9H,3-4H2,1-2H3;5-6,9H,3-4H2,1-2H3;3-6,9H,1-2H3;3-5H,1-2H3,(H,8,9);2*3-5H,1-2H3. The zero-order valence-electron chi connectivity index (χ0n) is 35.2. The molecule has 6 heterocycles. The fourth-order valence-corrected chi connectivity index (χ4v) is 10.4. The minimum atomic E-state index is 0.586. The van der Waals surface area contributed by atoms with Crippen LogP contribution in [-0.2, 0) is 4.74 Å². The lowest BCUT2D eigenvalue weighted by Gasteiger charge is -2.40. The molecule has 4 aromatic rings. The van der Waals surface area contributed by atoms with E-state index in [4.69, 9.17) is 9.15 Å². The summed E-state index contributed by atoms with van der Waals surface area (Å²) < 4.78 is 10.6. The van der Waals surface area contributed by atoms with Crippen molar-refractivity contribution < 1.29 is 9.15 Å². The molecule has 8 aliphatic rings. The number of nitrogens with one attached hydrogen (secondary N) is 4. The highest BCUT2D eigenvalue weighted by Gasteiger charge is 2.38. The van der Waals surface area contributed by atoms with E-state index in [1.54, 1.807) is 22.6 Å². The highest BCUT2D eigenvalue weighted by Crippen LogP contribution is 2.48. The lowest BCUT2D eigenvalue weighted by Crippen LogP contribution is -2.41. The number of nitrogens with zero attached hydrogens (tertiary/aromatic N) is 3. The van der Waals surface area contributed by atoms with Crippen LogP contribution in [-0.4, -0.2) is 44.8 Å². The molecule has 55 heavy (non-hydrogen) atoms. The van der Waals surface area contributed by atoms with Gasteiger partial charge in [0.05, 0.1) is 28.8 Å². The van der Waals surface area contributed by atoms with Gasteiger partial charge in [-0.2, -0.15) is 5.10 Å². The average Bonchev–Trinajstić information content (AvgIpc) is 4.08. The van der Waals surface area contributed by atoms with Crippen LogP contribution in [0.1, 0.15) is 181 Å². The lowest BCUT2D eigenvalue weighted by atomic mass is 9.74. The number of hydrogen-bond acceptors (Lipinski definition) is 8. The Kier molecular flexibility index (Phi) is 11.5. The van der Waals surface area contributed by atoms with E-state index in [1.807, 2.05) is 17.9 Å². The number of thiazole rings is 1. The number of rotatable bonds is 0. The van der Waals surface area contributed by atoms with Crippen molar-refractivity contribution in [3.63, 3.8) is 0 Å².